The van der Waals surface area contributed by atoms with Gasteiger partial charge in [-0.05, 0) is 169 Å². The van der Waals surface area contributed by atoms with Crippen LogP contribution in [0.4, 0.5) is 0 Å². The largest absolute Gasteiger partial charge is 0.496 e. The van der Waals surface area contributed by atoms with Crippen molar-refractivity contribution in [2.45, 2.75) is 125 Å². The Morgan fingerprint density at radius 3 is 1.18 bits per heavy atom. The van der Waals surface area contributed by atoms with Gasteiger partial charge in [0, 0.05) is 17.1 Å². The molecular weight excluding hydrogens is 702 g/mol. The Hall–Kier alpha value is -2.14. The van der Waals surface area contributed by atoms with Gasteiger partial charge in [-0.2, -0.15) is 0 Å². The van der Waals surface area contributed by atoms with E-state index in [1.807, 2.05) is 0 Å². The number of hydrogen-bond acceptors (Lipinski definition) is 2. The molecule has 0 aromatic heterocycles. The van der Waals surface area contributed by atoms with Gasteiger partial charge in [0.05, 0.1) is 14.2 Å². The molecule has 0 saturated heterocycles. The van der Waals surface area contributed by atoms with Gasteiger partial charge in [0.1, 0.15) is 11.5 Å². The summed E-state index contributed by atoms with van der Waals surface area (Å²) < 4.78 is 11.7. The van der Waals surface area contributed by atoms with Gasteiger partial charge in [-0.1, -0.05) is 104 Å². The van der Waals surface area contributed by atoms with Crippen LogP contribution in [0, 0.1) is 61.3 Å². The van der Waals surface area contributed by atoms with Gasteiger partial charge in [-0.15, -0.1) is 0 Å². The SMILES string of the molecule is C1CCCC1.COc1c(C)cc(P(c2cc(C)c(OC)c(C)c2)C2CCCC2[C@@H](C)P(c2cc(C)cc(C)c2)c2cc(C)cc(C)c2)cc1C.[Fe]. The zero-order chi connectivity index (χ0) is 36.1. The maximum atomic E-state index is 5.83. The van der Waals surface area contributed by atoms with Gasteiger partial charge < -0.3 is 9.47 Å². The van der Waals surface area contributed by atoms with Crippen LogP contribution in [0.2, 0.25) is 0 Å². The molecule has 2 fully saturated rings. The molecule has 276 valence electrons. The molecule has 2 saturated carbocycles. The average molecular weight is 765 g/mol. The van der Waals surface area contributed by atoms with Crippen molar-refractivity contribution in [2.75, 3.05) is 14.2 Å². The van der Waals surface area contributed by atoms with E-state index in [0.29, 0.717) is 17.2 Å². The predicted molar refractivity (Wildman–Crippen MR) is 223 cm³/mol. The fourth-order valence-electron chi connectivity index (χ4n) is 9.04. The summed E-state index contributed by atoms with van der Waals surface area (Å²) in [7, 11) is 2.43. The Bertz CT molecular complexity index is 1570. The molecule has 2 unspecified atom stereocenters. The van der Waals surface area contributed by atoms with Crippen LogP contribution in [-0.4, -0.2) is 25.5 Å². The third-order valence-corrected chi connectivity index (χ3v) is 16.7. The Morgan fingerprint density at radius 1 is 0.490 bits per heavy atom. The second-order valence-corrected chi connectivity index (χ2v) is 20.4. The van der Waals surface area contributed by atoms with Gasteiger partial charge in [0.15, 0.2) is 0 Å². The number of methoxy groups -OCH3 is 2. The minimum Gasteiger partial charge on any atom is -0.496 e. The van der Waals surface area contributed by atoms with Gasteiger partial charge in [-0.25, -0.2) is 0 Å². The zero-order valence-electron chi connectivity index (χ0n) is 33.2. The summed E-state index contributed by atoms with van der Waals surface area (Å²) >= 11 is 0. The van der Waals surface area contributed by atoms with Crippen molar-refractivity contribution in [2.24, 2.45) is 5.92 Å². The molecule has 2 aliphatic rings. The molecule has 4 aromatic rings. The number of hydrogen-bond donors (Lipinski definition) is 0. The van der Waals surface area contributed by atoms with E-state index in [-0.39, 0.29) is 17.1 Å². The van der Waals surface area contributed by atoms with Crippen molar-refractivity contribution in [3.63, 3.8) is 0 Å². The van der Waals surface area contributed by atoms with Crippen molar-refractivity contribution >= 4 is 37.1 Å². The van der Waals surface area contributed by atoms with E-state index >= 15 is 0 Å². The first kappa shape index (κ1) is 41.6. The van der Waals surface area contributed by atoms with Crippen LogP contribution in [0.15, 0.2) is 60.7 Å². The molecule has 5 heteroatoms. The smallest absolute Gasteiger partial charge is 0.124 e. The van der Waals surface area contributed by atoms with Crippen molar-refractivity contribution in [3.05, 3.63) is 105 Å². The monoisotopic (exact) mass is 764 g/mol. The van der Waals surface area contributed by atoms with Crippen molar-refractivity contribution < 1.29 is 26.5 Å². The summed E-state index contributed by atoms with van der Waals surface area (Å²) in [4.78, 5) is 0. The molecule has 0 aliphatic heterocycles. The molecule has 0 N–H and O–H groups in total. The molecule has 0 spiro atoms. The normalized spacial score (nSPS) is 17.6. The first-order valence-electron chi connectivity index (χ1n) is 19.0. The third-order valence-electron chi connectivity index (χ3n) is 11.0. The van der Waals surface area contributed by atoms with E-state index in [4.69, 9.17) is 9.47 Å². The van der Waals surface area contributed by atoms with Crippen molar-refractivity contribution in [1.29, 1.82) is 0 Å². The molecule has 0 radical (unpaired) electrons. The molecule has 2 aliphatic carbocycles. The molecule has 4 aromatic carbocycles. The maximum absolute atomic E-state index is 5.83. The molecule has 2 nitrogen and oxygen atoms in total. The first-order valence-corrected chi connectivity index (χ1v) is 21.8. The van der Waals surface area contributed by atoms with Crippen LogP contribution in [0.3, 0.4) is 0 Å². The predicted octanol–water partition coefficient (Wildman–Crippen LogP) is 11.2. The molecule has 0 amide bonds. The Kier molecular flexibility index (Phi) is 15.3. The second kappa shape index (κ2) is 18.8. The number of aryl methyl sites for hydroxylation is 8. The van der Waals surface area contributed by atoms with E-state index < -0.39 is 15.8 Å². The topological polar surface area (TPSA) is 18.5 Å². The quantitative estimate of drug-likeness (QED) is 0.125. The summed E-state index contributed by atoms with van der Waals surface area (Å²) in [6.45, 7) is 20.5. The minimum absolute atomic E-state index is 0. The van der Waals surface area contributed by atoms with E-state index in [2.05, 4.69) is 123 Å². The van der Waals surface area contributed by atoms with Crippen LogP contribution in [0.5, 0.6) is 11.5 Å². The Morgan fingerprint density at radius 2 is 0.843 bits per heavy atom. The molecule has 51 heavy (non-hydrogen) atoms. The van der Waals surface area contributed by atoms with Gasteiger partial charge >= 0.3 is 0 Å². The van der Waals surface area contributed by atoms with Gasteiger partial charge in [-0.3, -0.25) is 0 Å². The average Bonchev–Trinajstić information content (AvgIpc) is 3.77. The third kappa shape index (κ3) is 9.89. The first-order chi connectivity index (χ1) is 23.9. The standard InChI is InChI=1S/C41H52O2P2.C5H10.Fe/c1-25-15-26(2)18-34(17-25)44(35-19-27(3)16-28(4)20-35)33(9)38-13-12-14-39(38)45(36-21-29(5)40(42-10)30(6)22-36)37-23-31(7)41(43-11)32(8)24-37;1-2-4-5-3-1;/h15-24,33,38-39H,12-14H2,1-11H3;1-5H2;/t33-,38?,39?;;/m1../s1. The van der Waals surface area contributed by atoms with Crippen LogP contribution in [0.25, 0.3) is 0 Å². The fraction of sp³-hybridized carbons (Fsp3) is 0.478. The number of ether oxygens (including phenoxy) is 2. The molecular formula is C46H62FeO2P2. The van der Waals surface area contributed by atoms with Crippen molar-refractivity contribution in [1.82, 2.24) is 0 Å². The zero-order valence-corrected chi connectivity index (χ0v) is 36.1. The number of benzene rings is 4. The number of rotatable bonds is 9. The molecule has 0 bridgehead atoms. The van der Waals surface area contributed by atoms with E-state index in [1.165, 1.54) is 117 Å². The van der Waals surface area contributed by atoms with Gasteiger partial charge in [0.25, 0.3) is 0 Å². The molecule has 0 heterocycles. The fourth-order valence-corrected chi connectivity index (χ4v) is 16.1. The second-order valence-electron chi connectivity index (χ2n) is 15.3. The van der Waals surface area contributed by atoms with E-state index in [9.17, 15) is 0 Å². The van der Waals surface area contributed by atoms with Crippen LogP contribution in [0.1, 0.15) is 103 Å². The van der Waals surface area contributed by atoms with Crippen LogP contribution < -0.4 is 30.7 Å². The van der Waals surface area contributed by atoms with Crippen molar-refractivity contribution in [3.8, 4) is 11.5 Å². The molecule has 3 atom stereocenters. The maximum Gasteiger partial charge on any atom is 0.124 e. The van der Waals surface area contributed by atoms with E-state index in [1.54, 1.807) is 14.2 Å². The summed E-state index contributed by atoms with van der Waals surface area (Å²) in [5, 5.41) is 6.02. The summed E-state index contributed by atoms with van der Waals surface area (Å²) in [5.74, 6) is 2.66. The summed E-state index contributed by atoms with van der Waals surface area (Å²) in [6.07, 6.45) is 11.4. The minimum atomic E-state index is -0.612. The Labute approximate surface area is 323 Å². The summed E-state index contributed by atoms with van der Waals surface area (Å²) in [5.41, 5.74) is 11.6. The van der Waals surface area contributed by atoms with Crippen LogP contribution in [-0.2, 0) is 17.1 Å². The molecule has 6 rings (SSSR count). The van der Waals surface area contributed by atoms with Crippen LogP contribution >= 0.6 is 15.8 Å². The van der Waals surface area contributed by atoms with E-state index in [0.717, 1.165) is 11.5 Å². The summed E-state index contributed by atoms with van der Waals surface area (Å²) in [6, 6.07) is 24.3. The van der Waals surface area contributed by atoms with Gasteiger partial charge in [0.2, 0.25) is 0 Å². The Balaban J connectivity index is 0.000000894.